The Labute approximate surface area is 144 Å². The van der Waals surface area contributed by atoms with Crippen molar-refractivity contribution in [2.24, 2.45) is 0 Å². The third-order valence-corrected chi connectivity index (χ3v) is 3.84. The lowest BCUT2D eigenvalue weighted by Crippen LogP contribution is -2.02. The second-order valence-corrected chi connectivity index (χ2v) is 5.43. The van der Waals surface area contributed by atoms with E-state index in [-0.39, 0.29) is 0 Å². The largest absolute Gasteiger partial charge is 0.493 e. The van der Waals surface area contributed by atoms with Crippen LogP contribution in [0, 0.1) is 11.6 Å². The van der Waals surface area contributed by atoms with Gasteiger partial charge < -0.3 is 4.74 Å². The molecular weight excluding hydrogens is 322 g/mol. The van der Waals surface area contributed by atoms with Crippen molar-refractivity contribution in [2.75, 3.05) is 6.61 Å². The fourth-order valence-corrected chi connectivity index (χ4v) is 2.70. The van der Waals surface area contributed by atoms with Gasteiger partial charge in [0, 0.05) is 5.56 Å². The Morgan fingerprint density at radius 1 is 1.00 bits per heavy atom. The zero-order valence-electron chi connectivity index (χ0n) is 13.6. The van der Waals surface area contributed by atoms with Gasteiger partial charge in [-0.05, 0) is 48.0 Å². The number of carbonyl (C=O) groups is 1. The van der Waals surface area contributed by atoms with Gasteiger partial charge in [0.15, 0.2) is 5.78 Å². The minimum Gasteiger partial charge on any atom is -0.493 e. The van der Waals surface area contributed by atoms with E-state index in [1.54, 1.807) is 6.08 Å². The second kappa shape index (κ2) is 7.26. The molecule has 3 aromatic rings. The van der Waals surface area contributed by atoms with Gasteiger partial charge in [-0.15, -0.1) is 0 Å². The maximum absolute atomic E-state index is 13.8. The Bertz CT molecular complexity index is 941. The van der Waals surface area contributed by atoms with Gasteiger partial charge in [0.1, 0.15) is 17.4 Å². The molecule has 3 aromatic carbocycles. The average Bonchev–Trinajstić information content (AvgIpc) is 2.60. The van der Waals surface area contributed by atoms with Gasteiger partial charge in [0.25, 0.3) is 0 Å². The molecule has 0 radical (unpaired) electrons. The lowest BCUT2D eigenvalue weighted by atomic mass is 10.0. The van der Waals surface area contributed by atoms with E-state index in [1.165, 1.54) is 12.1 Å². The van der Waals surface area contributed by atoms with E-state index in [2.05, 4.69) is 0 Å². The fourth-order valence-electron chi connectivity index (χ4n) is 2.70. The van der Waals surface area contributed by atoms with Crippen LogP contribution in [0.15, 0.2) is 60.7 Å². The van der Waals surface area contributed by atoms with Crippen molar-refractivity contribution < 1.29 is 18.3 Å². The standard InChI is InChI=1S/C21H16F2O2/c1-2-25-20-13-10-14-6-3-4-7-15(14)16(20)11-12-19(24)21-17(22)8-5-9-18(21)23/h3-13H,2H2,1H3/b12-11+. The summed E-state index contributed by atoms with van der Waals surface area (Å²) in [6.45, 7) is 2.33. The number of ether oxygens (including phenoxy) is 1. The van der Waals surface area contributed by atoms with Crippen molar-refractivity contribution in [3.8, 4) is 5.75 Å². The van der Waals surface area contributed by atoms with Crippen LogP contribution in [0.25, 0.3) is 16.8 Å². The third-order valence-electron chi connectivity index (χ3n) is 3.84. The van der Waals surface area contributed by atoms with E-state index in [1.807, 2.05) is 43.3 Å². The van der Waals surface area contributed by atoms with Crippen LogP contribution in [0.2, 0.25) is 0 Å². The van der Waals surface area contributed by atoms with Crippen LogP contribution in [0.4, 0.5) is 8.78 Å². The third kappa shape index (κ3) is 3.43. The van der Waals surface area contributed by atoms with Crippen LogP contribution in [-0.2, 0) is 0 Å². The molecule has 0 unspecified atom stereocenters. The molecule has 0 saturated heterocycles. The summed E-state index contributed by atoms with van der Waals surface area (Å²) < 4.78 is 33.1. The molecule has 0 fully saturated rings. The first-order valence-electron chi connectivity index (χ1n) is 7.92. The minimum absolute atomic E-state index is 0.467. The van der Waals surface area contributed by atoms with Crippen molar-refractivity contribution in [3.63, 3.8) is 0 Å². The number of carbonyl (C=O) groups excluding carboxylic acids is 1. The van der Waals surface area contributed by atoms with Crippen LogP contribution in [-0.4, -0.2) is 12.4 Å². The first kappa shape index (κ1) is 16.8. The van der Waals surface area contributed by atoms with Crippen molar-refractivity contribution in [1.29, 1.82) is 0 Å². The molecule has 0 N–H and O–H groups in total. The molecule has 3 rings (SSSR count). The molecule has 25 heavy (non-hydrogen) atoms. The first-order valence-corrected chi connectivity index (χ1v) is 7.92. The molecule has 0 bridgehead atoms. The van der Waals surface area contributed by atoms with Crippen molar-refractivity contribution >= 4 is 22.6 Å². The quantitative estimate of drug-likeness (QED) is 0.459. The first-order chi connectivity index (χ1) is 12.1. The number of ketones is 1. The number of fused-ring (bicyclic) bond motifs is 1. The van der Waals surface area contributed by atoms with Gasteiger partial charge in [0.2, 0.25) is 0 Å². The molecule has 126 valence electrons. The highest BCUT2D eigenvalue weighted by molar-refractivity contribution is 6.08. The molecule has 0 amide bonds. The Kier molecular flexibility index (Phi) is 4.89. The number of hydrogen-bond acceptors (Lipinski definition) is 2. The smallest absolute Gasteiger partial charge is 0.191 e. The summed E-state index contributed by atoms with van der Waals surface area (Å²) >= 11 is 0. The molecule has 0 spiro atoms. The lowest BCUT2D eigenvalue weighted by Gasteiger charge is -2.10. The van der Waals surface area contributed by atoms with Crippen LogP contribution >= 0.6 is 0 Å². The van der Waals surface area contributed by atoms with Gasteiger partial charge in [0.05, 0.1) is 12.2 Å². The van der Waals surface area contributed by atoms with Crippen LogP contribution < -0.4 is 4.74 Å². The Balaban J connectivity index is 2.06. The predicted octanol–water partition coefficient (Wildman–Crippen LogP) is 5.41. The minimum atomic E-state index is -0.877. The normalized spacial score (nSPS) is 11.2. The Morgan fingerprint density at radius 2 is 1.72 bits per heavy atom. The molecule has 0 aliphatic heterocycles. The van der Waals surface area contributed by atoms with Crippen molar-refractivity contribution in [2.45, 2.75) is 6.92 Å². The summed E-state index contributed by atoms with van der Waals surface area (Å²) in [4.78, 5) is 12.3. The maximum atomic E-state index is 13.8. The summed E-state index contributed by atoms with van der Waals surface area (Å²) in [5.41, 5.74) is 0.141. The van der Waals surface area contributed by atoms with Gasteiger partial charge in [-0.1, -0.05) is 36.4 Å². The SMILES string of the molecule is CCOc1ccc2ccccc2c1/C=C/C(=O)c1c(F)cccc1F. The monoisotopic (exact) mass is 338 g/mol. The second-order valence-electron chi connectivity index (χ2n) is 5.43. The number of rotatable bonds is 5. The topological polar surface area (TPSA) is 26.3 Å². The van der Waals surface area contributed by atoms with Crippen LogP contribution in [0.3, 0.4) is 0 Å². The van der Waals surface area contributed by atoms with E-state index < -0.39 is 23.0 Å². The van der Waals surface area contributed by atoms with E-state index in [0.717, 1.165) is 22.9 Å². The summed E-state index contributed by atoms with van der Waals surface area (Å²) in [5.74, 6) is -1.87. The zero-order chi connectivity index (χ0) is 17.8. The van der Waals surface area contributed by atoms with E-state index in [0.29, 0.717) is 17.9 Å². The Hall–Kier alpha value is -3.01. The molecule has 0 saturated carbocycles. The van der Waals surface area contributed by atoms with Crippen LogP contribution in [0.1, 0.15) is 22.8 Å². The van der Waals surface area contributed by atoms with Gasteiger partial charge in [-0.25, -0.2) is 8.78 Å². The lowest BCUT2D eigenvalue weighted by molar-refractivity contribution is 0.104. The summed E-state index contributed by atoms with van der Waals surface area (Å²) in [6.07, 6.45) is 2.72. The fraction of sp³-hybridized carbons (Fsp3) is 0.0952. The van der Waals surface area contributed by atoms with E-state index in [9.17, 15) is 13.6 Å². The summed E-state index contributed by atoms with van der Waals surface area (Å²) in [7, 11) is 0. The molecular formula is C21H16F2O2. The van der Waals surface area contributed by atoms with E-state index in [4.69, 9.17) is 4.74 Å². The Morgan fingerprint density at radius 3 is 2.44 bits per heavy atom. The van der Waals surface area contributed by atoms with Gasteiger partial charge in [-0.3, -0.25) is 4.79 Å². The van der Waals surface area contributed by atoms with Crippen molar-refractivity contribution in [3.05, 3.63) is 83.4 Å². The molecule has 0 aliphatic carbocycles. The molecule has 0 heterocycles. The highest BCUT2D eigenvalue weighted by atomic mass is 19.1. The van der Waals surface area contributed by atoms with Crippen molar-refractivity contribution in [1.82, 2.24) is 0 Å². The molecule has 0 atom stereocenters. The van der Waals surface area contributed by atoms with Crippen LogP contribution in [0.5, 0.6) is 5.75 Å². The zero-order valence-corrected chi connectivity index (χ0v) is 13.6. The molecule has 0 aromatic heterocycles. The number of benzene rings is 3. The number of halogens is 2. The molecule has 0 aliphatic rings. The van der Waals surface area contributed by atoms with Gasteiger partial charge in [-0.2, -0.15) is 0 Å². The predicted molar refractivity (Wildman–Crippen MR) is 94.8 cm³/mol. The number of allylic oxidation sites excluding steroid dienone is 1. The average molecular weight is 338 g/mol. The highest BCUT2D eigenvalue weighted by Gasteiger charge is 2.15. The van der Waals surface area contributed by atoms with E-state index >= 15 is 0 Å². The summed E-state index contributed by atoms with van der Waals surface area (Å²) in [5, 5.41) is 1.88. The summed E-state index contributed by atoms with van der Waals surface area (Å²) in [6, 6.07) is 14.7. The maximum Gasteiger partial charge on any atom is 0.191 e. The molecule has 4 heteroatoms. The van der Waals surface area contributed by atoms with Gasteiger partial charge >= 0.3 is 0 Å². The number of hydrogen-bond donors (Lipinski definition) is 0. The molecule has 2 nitrogen and oxygen atoms in total. The highest BCUT2D eigenvalue weighted by Crippen LogP contribution is 2.29.